The molecule has 0 unspecified atom stereocenters. The minimum atomic E-state index is -0.172. The Balaban J connectivity index is 1.41. The quantitative estimate of drug-likeness (QED) is 0.288. The van der Waals surface area contributed by atoms with Gasteiger partial charge in [0.25, 0.3) is 0 Å². The molecule has 4 rings (SSSR count). The minimum Gasteiger partial charge on any atom is -0.301 e. The summed E-state index contributed by atoms with van der Waals surface area (Å²) in [5, 5.41) is 15.0. The molecule has 0 saturated carbocycles. The van der Waals surface area contributed by atoms with Crippen LogP contribution in [0.2, 0.25) is 5.02 Å². The Hall–Kier alpha value is -3.01. The van der Waals surface area contributed by atoms with Crippen molar-refractivity contribution in [3.05, 3.63) is 71.7 Å². The van der Waals surface area contributed by atoms with Crippen LogP contribution < -0.4 is 5.32 Å². The number of halogens is 1. The van der Waals surface area contributed by atoms with Gasteiger partial charge in [-0.1, -0.05) is 47.6 Å². The summed E-state index contributed by atoms with van der Waals surface area (Å²) >= 11 is 8.60. The van der Waals surface area contributed by atoms with E-state index in [0.717, 1.165) is 11.3 Å². The Kier molecular flexibility index (Phi) is 6.76. The van der Waals surface area contributed by atoms with Crippen LogP contribution in [-0.2, 0) is 11.3 Å². The van der Waals surface area contributed by atoms with Crippen LogP contribution in [-0.4, -0.2) is 36.4 Å². The van der Waals surface area contributed by atoms with Crippen molar-refractivity contribution in [1.29, 1.82) is 0 Å². The molecule has 0 fully saturated rings. The molecule has 1 N–H and O–H groups in total. The molecule has 0 saturated heterocycles. The highest BCUT2D eigenvalue weighted by Gasteiger charge is 2.16. The van der Waals surface area contributed by atoms with E-state index in [9.17, 15) is 4.79 Å². The molecule has 0 aliphatic heterocycles. The van der Waals surface area contributed by atoms with Gasteiger partial charge in [-0.3, -0.25) is 14.3 Å². The monoisotopic (exact) mass is 468 g/mol. The summed E-state index contributed by atoms with van der Waals surface area (Å²) < 4.78 is 1.88. The number of carbonyl (C=O) groups is 1. The lowest BCUT2D eigenvalue weighted by Crippen LogP contribution is -2.14. The van der Waals surface area contributed by atoms with E-state index in [1.54, 1.807) is 12.3 Å². The van der Waals surface area contributed by atoms with Crippen LogP contribution in [0.1, 0.15) is 0 Å². The van der Waals surface area contributed by atoms with Gasteiger partial charge in [-0.05, 0) is 24.3 Å². The number of thioether (sulfide) groups is 1. The average molecular weight is 469 g/mol. The van der Waals surface area contributed by atoms with Crippen LogP contribution in [0, 0.1) is 0 Å². The zero-order valence-electron chi connectivity index (χ0n) is 16.2. The van der Waals surface area contributed by atoms with E-state index in [1.165, 1.54) is 23.1 Å². The van der Waals surface area contributed by atoms with Gasteiger partial charge in [0.1, 0.15) is 5.69 Å². The van der Waals surface area contributed by atoms with Crippen LogP contribution in [0.4, 0.5) is 5.13 Å². The predicted octanol–water partition coefficient (Wildman–Crippen LogP) is 5.03. The molecule has 7 nitrogen and oxygen atoms in total. The van der Waals surface area contributed by atoms with Crippen molar-refractivity contribution < 1.29 is 4.79 Å². The number of carbonyl (C=O) groups excluding carboxylic acids is 1. The normalized spacial score (nSPS) is 10.7. The molecule has 0 atom stereocenters. The minimum absolute atomic E-state index is 0.172. The maximum absolute atomic E-state index is 12.4. The summed E-state index contributed by atoms with van der Waals surface area (Å²) in [5.74, 6) is 0.637. The number of allylic oxidation sites excluding steroid dienone is 1. The number of nitrogens with zero attached hydrogens (tertiary/aromatic N) is 5. The number of hydrogen-bond donors (Lipinski definition) is 1. The standard InChI is InChI=1S/C21H17ClN6OS2/c1-2-11-28-19(16-5-3-4-10-23-16)26-27-21(28)31-13-18(29)25-20-24-17(12-30-20)14-6-8-15(22)9-7-14/h2-10,12H,1,11,13H2,(H,24,25,29). The van der Waals surface area contributed by atoms with E-state index >= 15 is 0 Å². The topological polar surface area (TPSA) is 85.6 Å². The van der Waals surface area contributed by atoms with E-state index in [1.807, 2.05) is 52.4 Å². The Morgan fingerprint density at radius 2 is 2.03 bits per heavy atom. The number of thiazole rings is 1. The number of pyridine rings is 1. The summed E-state index contributed by atoms with van der Waals surface area (Å²) in [5.41, 5.74) is 2.44. The molecule has 156 valence electrons. The van der Waals surface area contributed by atoms with Crippen molar-refractivity contribution >= 4 is 45.7 Å². The second kappa shape index (κ2) is 9.86. The third-order valence-electron chi connectivity index (χ3n) is 4.15. The number of amides is 1. The summed E-state index contributed by atoms with van der Waals surface area (Å²) in [7, 11) is 0. The van der Waals surface area contributed by atoms with Gasteiger partial charge in [-0.2, -0.15) is 0 Å². The molecule has 0 aliphatic rings. The lowest BCUT2D eigenvalue weighted by Gasteiger charge is -2.07. The average Bonchev–Trinajstić information content (AvgIpc) is 3.41. The van der Waals surface area contributed by atoms with E-state index in [4.69, 9.17) is 11.6 Å². The Morgan fingerprint density at radius 1 is 1.19 bits per heavy atom. The van der Waals surface area contributed by atoms with Crippen molar-refractivity contribution in [3.8, 4) is 22.8 Å². The lowest BCUT2D eigenvalue weighted by atomic mass is 10.2. The number of benzene rings is 1. The molecule has 1 aromatic carbocycles. The van der Waals surface area contributed by atoms with Crippen LogP contribution in [0.3, 0.4) is 0 Å². The maximum Gasteiger partial charge on any atom is 0.236 e. The van der Waals surface area contributed by atoms with Crippen molar-refractivity contribution in [2.75, 3.05) is 11.1 Å². The summed E-state index contributed by atoms with van der Waals surface area (Å²) in [6.45, 7) is 4.31. The van der Waals surface area contributed by atoms with E-state index in [2.05, 4.69) is 32.1 Å². The SMILES string of the molecule is C=CCn1c(SCC(=O)Nc2nc(-c3ccc(Cl)cc3)cs2)nnc1-c1ccccn1. The van der Waals surface area contributed by atoms with E-state index in [-0.39, 0.29) is 11.7 Å². The molecular weight excluding hydrogens is 452 g/mol. The van der Waals surface area contributed by atoms with Crippen LogP contribution >= 0.6 is 34.7 Å². The predicted molar refractivity (Wildman–Crippen MR) is 125 cm³/mol. The second-order valence-electron chi connectivity index (χ2n) is 6.30. The fourth-order valence-corrected chi connectivity index (χ4v) is 4.35. The highest BCUT2D eigenvalue weighted by Crippen LogP contribution is 2.27. The van der Waals surface area contributed by atoms with Crippen LogP contribution in [0.5, 0.6) is 0 Å². The van der Waals surface area contributed by atoms with Crippen LogP contribution in [0.25, 0.3) is 22.8 Å². The van der Waals surface area contributed by atoms with Gasteiger partial charge in [0.15, 0.2) is 16.1 Å². The third kappa shape index (κ3) is 5.19. The summed E-state index contributed by atoms with van der Waals surface area (Å²) in [6, 6.07) is 13.0. The zero-order chi connectivity index (χ0) is 21.6. The highest BCUT2D eigenvalue weighted by atomic mass is 35.5. The molecular formula is C21H17ClN6OS2. The smallest absolute Gasteiger partial charge is 0.236 e. The molecule has 10 heteroatoms. The molecule has 3 aromatic heterocycles. The van der Waals surface area contributed by atoms with Gasteiger partial charge < -0.3 is 5.32 Å². The summed E-state index contributed by atoms with van der Waals surface area (Å²) in [4.78, 5) is 21.3. The van der Waals surface area contributed by atoms with Gasteiger partial charge in [0.05, 0.1) is 11.4 Å². The Labute approximate surface area is 192 Å². The van der Waals surface area contributed by atoms with Crippen molar-refractivity contribution in [2.45, 2.75) is 11.7 Å². The zero-order valence-corrected chi connectivity index (χ0v) is 18.6. The van der Waals surface area contributed by atoms with Gasteiger partial charge in [-0.25, -0.2) is 4.98 Å². The number of nitrogens with one attached hydrogen (secondary N) is 1. The second-order valence-corrected chi connectivity index (χ2v) is 8.54. The number of anilines is 1. The molecule has 1 amide bonds. The first-order chi connectivity index (χ1) is 15.1. The van der Waals surface area contributed by atoms with Gasteiger partial charge in [0, 0.05) is 28.7 Å². The fraction of sp³-hybridized carbons (Fsp3) is 0.0952. The first-order valence-corrected chi connectivity index (χ1v) is 11.5. The Bertz CT molecular complexity index is 1190. The van der Waals surface area contributed by atoms with Gasteiger partial charge >= 0.3 is 0 Å². The summed E-state index contributed by atoms with van der Waals surface area (Å²) in [6.07, 6.45) is 3.46. The lowest BCUT2D eigenvalue weighted by molar-refractivity contribution is -0.113. The van der Waals surface area contributed by atoms with E-state index < -0.39 is 0 Å². The number of aromatic nitrogens is 5. The van der Waals surface area contributed by atoms with Crippen molar-refractivity contribution in [3.63, 3.8) is 0 Å². The van der Waals surface area contributed by atoms with Gasteiger partial charge in [-0.15, -0.1) is 28.1 Å². The molecule has 31 heavy (non-hydrogen) atoms. The number of hydrogen-bond acceptors (Lipinski definition) is 7. The molecule has 0 radical (unpaired) electrons. The van der Waals surface area contributed by atoms with Gasteiger partial charge in [0.2, 0.25) is 5.91 Å². The first-order valence-electron chi connectivity index (χ1n) is 9.23. The maximum atomic E-state index is 12.4. The van der Waals surface area contributed by atoms with Crippen molar-refractivity contribution in [2.24, 2.45) is 0 Å². The largest absolute Gasteiger partial charge is 0.301 e. The van der Waals surface area contributed by atoms with Crippen molar-refractivity contribution in [1.82, 2.24) is 24.7 Å². The van der Waals surface area contributed by atoms with Crippen LogP contribution in [0.15, 0.2) is 71.9 Å². The highest BCUT2D eigenvalue weighted by molar-refractivity contribution is 7.99. The first kappa shape index (κ1) is 21.2. The number of rotatable bonds is 8. The van der Waals surface area contributed by atoms with E-state index in [0.29, 0.717) is 33.4 Å². The molecule has 3 heterocycles. The fourth-order valence-electron chi connectivity index (χ4n) is 2.74. The molecule has 0 spiro atoms. The molecule has 4 aromatic rings. The molecule has 0 bridgehead atoms. The Morgan fingerprint density at radius 3 is 2.77 bits per heavy atom. The molecule has 0 aliphatic carbocycles. The third-order valence-corrected chi connectivity index (χ3v) is 6.12.